The van der Waals surface area contributed by atoms with Gasteiger partial charge in [-0.2, -0.15) is 0 Å². The Morgan fingerprint density at radius 2 is 1.89 bits per heavy atom. The Labute approximate surface area is 168 Å². The summed E-state index contributed by atoms with van der Waals surface area (Å²) in [5, 5.41) is 8.96. The molecule has 0 saturated heterocycles. The van der Waals surface area contributed by atoms with Crippen LogP contribution >= 0.6 is 11.6 Å². The molecule has 0 bridgehead atoms. The van der Waals surface area contributed by atoms with Gasteiger partial charge in [0.05, 0.1) is 18.2 Å². The minimum absolute atomic E-state index is 0.311. The van der Waals surface area contributed by atoms with Crippen molar-refractivity contribution in [2.45, 2.75) is 26.8 Å². The fourth-order valence-electron chi connectivity index (χ4n) is 3.10. The molecular weight excluding hydrogens is 378 g/mol. The van der Waals surface area contributed by atoms with Gasteiger partial charge in [-0.25, -0.2) is 4.79 Å². The molecule has 2 aromatic carbocycles. The summed E-state index contributed by atoms with van der Waals surface area (Å²) in [5.74, 6) is 0.419. The molecule has 7 heteroatoms. The highest BCUT2D eigenvalue weighted by Gasteiger charge is 2.31. The van der Waals surface area contributed by atoms with Crippen LogP contribution in [0.1, 0.15) is 31.0 Å². The van der Waals surface area contributed by atoms with Crippen LogP contribution in [0.25, 0.3) is 0 Å². The summed E-state index contributed by atoms with van der Waals surface area (Å²) in [4.78, 5) is 25.1. The first-order valence-electron chi connectivity index (χ1n) is 8.98. The van der Waals surface area contributed by atoms with Crippen LogP contribution in [0, 0.1) is 6.92 Å². The minimum atomic E-state index is -0.580. The third kappa shape index (κ3) is 4.12. The maximum Gasteiger partial charge on any atom is 0.319 e. The number of rotatable bonds is 5. The van der Waals surface area contributed by atoms with Crippen LogP contribution in [0.2, 0.25) is 5.02 Å². The van der Waals surface area contributed by atoms with Gasteiger partial charge in [-0.3, -0.25) is 4.79 Å². The number of nitrogens with one attached hydrogen (secondary N) is 3. The van der Waals surface area contributed by atoms with Gasteiger partial charge < -0.3 is 20.7 Å². The van der Waals surface area contributed by atoms with Crippen LogP contribution in [0.3, 0.4) is 0 Å². The second kappa shape index (κ2) is 8.35. The van der Waals surface area contributed by atoms with Gasteiger partial charge in [0, 0.05) is 16.4 Å². The van der Waals surface area contributed by atoms with Gasteiger partial charge in [0.15, 0.2) is 0 Å². The van der Waals surface area contributed by atoms with Crippen LogP contribution < -0.4 is 20.7 Å². The van der Waals surface area contributed by atoms with Gasteiger partial charge in [0.2, 0.25) is 0 Å². The first-order chi connectivity index (χ1) is 13.4. The molecule has 3 rings (SSSR count). The molecule has 1 aliphatic heterocycles. The van der Waals surface area contributed by atoms with Crippen LogP contribution in [-0.4, -0.2) is 18.5 Å². The van der Waals surface area contributed by atoms with Crippen LogP contribution in [0.15, 0.2) is 53.7 Å². The van der Waals surface area contributed by atoms with Crippen LogP contribution in [-0.2, 0) is 4.79 Å². The van der Waals surface area contributed by atoms with Crippen molar-refractivity contribution in [1.82, 2.24) is 10.6 Å². The number of allylic oxidation sites excluding steroid dienone is 1. The molecule has 1 atom stereocenters. The molecular formula is C21H22ClN3O3. The highest BCUT2D eigenvalue weighted by Crippen LogP contribution is 2.30. The third-order valence-corrected chi connectivity index (χ3v) is 4.96. The fourth-order valence-corrected chi connectivity index (χ4v) is 3.28. The van der Waals surface area contributed by atoms with Gasteiger partial charge in [-0.05, 0) is 56.2 Å². The van der Waals surface area contributed by atoms with Crippen molar-refractivity contribution in [2.24, 2.45) is 0 Å². The maximum atomic E-state index is 13.1. The summed E-state index contributed by atoms with van der Waals surface area (Å²) in [6, 6.07) is 11.7. The second-order valence-corrected chi connectivity index (χ2v) is 6.85. The molecule has 28 heavy (non-hydrogen) atoms. The van der Waals surface area contributed by atoms with E-state index in [1.807, 2.05) is 38.1 Å². The molecule has 0 fully saturated rings. The normalized spacial score (nSPS) is 16.3. The molecule has 0 unspecified atom stereocenters. The molecule has 0 saturated carbocycles. The summed E-state index contributed by atoms with van der Waals surface area (Å²) < 4.78 is 5.46. The van der Waals surface area contributed by atoms with E-state index in [1.165, 1.54) is 0 Å². The van der Waals surface area contributed by atoms with Gasteiger partial charge in [-0.15, -0.1) is 0 Å². The molecule has 1 aliphatic rings. The summed E-state index contributed by atoms with van der Waals surface area (Å²) >= 11 is 6.15. The van der Waals surface area contributed by atoms with Crippen molar-refractivity contribution >= 4 is 29.2 Å². The van der Waals surface area contributed by atoms with E-state index in [9.17, 15) is 9.59 Å². The van der Waals surface area contributed by atoms with E-state index in [0.717, 1.165) is 16.9 Å². The Bertz CT molecular complexity index is 938. The van der Waals surface area contributed by atoms with Crippen molar-refractivity contribution in [3.63, 3.8) is 0 Å². The lowest BCUT2D eigenvalue weighted by Crippen LogP contribution is -2.46. The minimum Gasteiger partial charge on any atom is -0.494 e. The van der Waals surface area contributed by atoms with E-state index in [1.54, 1.807) is 25.1 Å². The van der Waals surface area contributed by atoms with Gasteiger partial charge >= 0.3 is 6.03 Å². The zero-order chi connectivity index (χ0) is 20.3. The molecule has 0 aliphatic carbocycles. The van der Waals surface area contributed by atoms with Gasteiger partial charge in [-0.1, -0.05) is 29.8 Å². The quantitative estimate of drug-likeness (QED) is 0.700. The van der Waals surface area contributed by atoms with E-state index in [2.05, 4.69) is 16.0 Å². The highest BCUT2D eigenvalue weighted by atomic mass is 35.5. The van der Waals surface area contributed by atoms with Crippen LogP contribution in [0.4, 0.5) is 10.5 Å². The maximum absolute atomic E-state index is 13.1. The van der Waals surface area contributed by atoms with E-state index in [-0.39, 0.29) is 11.9 Å². The third-order valence-electron chi connectivity index (χ3n) is 4.55. The summed E-state index contributed by atoms with van der Waals surface area (Å²) in [5.41, 5.74) is 3.12. The van der Waals surface area contributed by atoms with Crippen LogP contribution in [0.5, 0.6) is 5.75 Å². The highest BCUT2D eigenvalue weighted by molar-refractivity contribution is 6.31. The lowest BCUT2D eigenvalue weighted by atomic mass is 9.94. The number of carbonyl (C=O) groups excluding carboxylic acids is 2. The standard InChI is InChI=1S/C21H22ClN3O3/c1-4-28-15-10-8-14(9-11-15)19-18(13(3)23-21(27)25-19)20(26)24-17-7-5-6-16(22)12(17)2/h5-11,19H,4H2,1-3H3,(H,24,26)(H2,23,25,27)/t19-/m1/s1. The number of hydrogen-bond acceptors (Lipinski definition) is 3. The predicted molar refractivity (Wildman–Crippen MR) is 110 cm³/mol. The number of amides is 3. The Kier molecular flexibility index (Phi) is 5.90. The van der Waals surface area contributed by atoms with Gasteiger partial charge in [0.1, 0.15) is 5.75 Å². The summed E-state index contributed by atoms with van der Waals surface area (Å²) in [6.07, 6.45) is 0. The lowest BCUT2D eigenvalue weighted by molar-refractivity contribution is -0.113. The number of ether oxygens (including phenoxy) is 1. The largest absolute Gasteiger partial charge is 0.494 e. The molecule has 3 amide bonds. The molecule has 6 nitrogen and oxygen atoms in total. The zero-order valence-electron chi connectivity index (χ0n) is 15.9. The number of hydrogen-bond donors (Lipinski definition) is 3. The monoisotopic (exact) mass is 399 g/mol. The van der Waals surface area contributed by atoms with E-state index in [4.69, 9.17) is 16.3 Å². The van der Waals surface area contributed by atoms with E-state index >= 15 is 0 Å². The van der Waals surface area contributed by atoms with Crippen molar-refractivity contribution < 1.29 is 14.3 Å². The SMILES string of the molecule is CCOc1ccc([C@H]2NC(=O)NC(C)=C2C(=O)Nc2cccc(Cl)c2C)cc1. The predicted octanol–water partition coefficient (Wildman–Crippen LogP) is 4.31. The Balaban J connectivity index is 1.93. The summed E-state index contributed by atoms with van der Waals surface area (Å²) in [6.45, 7) is 6.02. The molecule has 1 heterocycles. The van der Waals surface area contributed by atoms with Crippen molar-refractivity contribution in [3.05, 3.63) is 69.9 Å². The first-order valence-corrected chi connectivity index (χ1v) is 9.36. The van der Waals surface area contributed by atoms with E-state index < -0.39 is 6.04 Å². The Morgan fingerprint density at radius 1 is 1.18 bits per heavy atom. The average Bonchev–Trinajstić information content (AvgIpc) is 2.65. The Hall–Kier alpha value is -2.99. The van der Waals surface area contributed by atoms with Crippen molar-refractivity contribution in [2.75, 3.05) is 11.9 Å². The molecule has 146 valence electrons. The molecule has 0 radical (unpaired) electrons. The molecule has 2 aromatic rings. The lowest BCUT2D eigenvalue weighted by Gasteiger charge is -2.29. The number of anilines is 1. The smallest absolute Gasteiger partial charge is 0.319 e. The number of urea groups is 1. The molecule has 0 aromatic heterocycles. The van der Waals surface area contributed by atoms with Gasteiger partial charge in [0.25, 0.3) is 5.91 Å². The number of benzene rings is 2. The second-order valence-electron chi connectivity index (χ2n) is 6.44. The van der Waals surface area contributed by atoms with Crippen molar-refractivity contribution in [3.8, 4) is 5.75 Å². The van der Waals surface area contributed by atoms with E-state index in [0.29, 0.717) is 28.6 Å². The summed E-state index contributed by atoms with van der Waals surface area (Å²) in [7, 11) is 0. The first kappa shape index (κ1) is 19.8. The topological polar surface area (TPSA) is 79.5 Å². The molecule has 3 N–H and O–H groups in total. The van der Waals surface area contributed by atoms with Crippen molar-refractivity contribution in [1.29, 1.82) is 0 Å². The zero-order valence-corrected chi connectivity index (χ0v) is 16.7. The number of halogens is 1. The Morgan fingerprint density at radius 3 is 2.57 bits per heavy atom. The number of carbonyl (C=O) groups is 2. The molecule has 0 spiro atoms. The fraction of sp³-hybridized carbons (Fsp3) is 0.238. The average molecular weight is 400 g/mol.